The van der Waals surface area contributed by atoms with E-state index in [0.29, 0.717) is 6.42 Å². The Morgan fingerprint density at radius 1 is 1.31 bits per heavy atom. The Hall–Kier alpha value is -1.19. The van der Waals surface area contributed by atoms with E-state index in [1.807, 2.05) is 6.92 Å². The molecule has 4 nitrogen and oxygen atoms in total. The molecule has 0 aromatic rings. The Morgan fingerprint density at radius 2 is 1.85 bits per heavy atom. The molecule has 0 saturated carbocycles. The first-order valence-corrected chi connectivity index (χ1v) is 4.33. The van der Waals surface area contributed by atoms with Gasteiger partial charge in [-0.05, 0) is 13.3 Å². The van der Waals surface area contributed by atoms with Crippen molar-refractivity contribution in [1.82, 2.24) is 5.32 Å². The number of rotatable bonds is 5. The highest BCUT2D eigenvalue weighted by Gasteiger charge is 2.18. The summed E-state index contributed by atoms with van der Waals surface area (Å²) >= 11 is 0. The first-order chi connectivity index (χ1) is 5.99. The second-order valence-corrected chi connectivity index (χ2v) is 2.96. The van der Waals surface area contributed by atoms with Gasteiger partial charge in [0.2, 0.25) is 11.7 Å². The minimum atomic E-state index is -0.698. The van der Waals surface area contributed by atoms with E-state index in [0.717, 1.165) is 6.42 Å². The summed E-state index contributed by atoms with van der Waals surface area (Å²) in [6, 6.07) is -0.698. The van der Waals surface area contributed by atoms with Gasteiger partial charge in [-0.2, -0.15) is 0 Å². The van der Waals surface area contributed by atoms with Crippen molar-refractivity contribution in [2.24, 2.45) is 0 Å². The van der Waals surface area contributed by atoms with Gasteiger partial charge in [0.1, 0.15) is 0 Å². The average Bonchev–Trinajstić information content (AvgIpc) is 2.03. The van der Waals surface area contributed by atoms with Crippen molar-refractivity contribution in [3.63, 3.8) is 0 Å². The lowest BCUT2D eigenvalue weighted by Crippen LogP contribution is -2.40. The first kappa shape index (κ1) is 11.8. The van der Waals surface area contributed by atoms with E-state index in [-0.39, 0.29) is 5.91 Å². The summed E-state index contributed by atoms with van der Waals surface area (Å²) in [7, 11) is 0. The molecule has 0 saturated heterocycles. The van der Waals surface area contributed by atoms with E-state index >= 15 is 0 Å². The van der Waals surface area contributed by atoms with E-state index in [2.05, 4.69) is 5.32 Å². The maximum atomic E-state index is 11.0. The zero-order valence-corrected chi connectivity index (χ0v) is 8.22. The zero-order chi connectivity index (χ0) is 10.4. The minimum absolute atomic E-state index is 0.190. The lowest BCUT2D eigenvalue weighted by Gasteiger charge is -2.09. The number of ketones is 2. The molecule has 0 rings (SSSR count). The van der Waals surface area contributed by atoms with E-state index in [1.165, 1.54) is 13.8 Å². The van der Waals surface area contributed by atoms with Gasteiger partial charge in [-0.25, -0.2) is 0 Å². The number of hydrogen-bond donors (Lipinski definition) is 1. The normalized spacial score (nSPS) is 11.9. The molecule has 0 heterocycles. The fourth-order valence-electron chi connectivity index (χ4n) is 0.911. The number of nitrogens with one attached hydrogen (secondary N) is 1. The third-order valence-electron chi connectivity index (χ3n) is 1.59. The summed E-state index contributed by atoms with van der Waals surface area (Å²) < 4.78 is 0. The first-order valence-electron chi connectivity index (χ1n) is 4.33. The van der Waals surface area contributed by atoms with Crippen molar-refractivity contribution in [3.8, 4) is 0 Å². The summed E-state index contributed by atoms with van der Waals surface area (Å²) in [5.74, 6) is -1.27. The van der Waals surface area contributed by atoms with Crippen molar-refractivity contribution in [1.29, 1.82) is 0 Å². The molecule has 1 atom stereocenters. The van der Waals surface area contributed by atoms with Gasteiger partial charge < -0.3 is 5.32 Å². The van der Waals surface area contributed by atoms with Crippen molar-refractivity contribution in [2.75, 3.05) is 0 Å². The van der Waals surface area contributed by atoms with Gasteiger partial charge in [0.05, 0.1) is 6.04 Å². The molecule has 13 heavy (non-hydrogen) atoms. The van der Waals surface area contributed by atoms with Gasteiger partial charge in [0.15, 0.2) is 5.78 Å². The summed E-state index contributed by atoms with van der Waals surface area (Å²) in [6.07, 6.45) is 1.11. The summed E-state index contributed by atoms with van der Waals surface area (Å²) in [5, 5.41) is 2.45. The smallest absolute Gasteiger partial charge is 0.220 e. The Balaban J connectivity index is 4.00. The molecule has 0 radical (unpaired) electrons. The molecule has 0 spiro atoms. The van der Waals surface area contributed by atoms with Crippen LogP contribution in [-0.4, -0.2) is 23.5 Å². The predicted octanol–water partition coefficient (Wildman–Crippen LogP) is 0.449. The number of carbonyl (C=O) groups is 3. The Labute approximate surface area is 77.7 Å². The Kier molecular flexibility index (Phi) is 4.96. The quantitative estimate of drug-likeness (QED) is 0.632. The highest BCUT2D eigenvalue weighted by atomic mass is 16.2. The molecule has 1 amide bonds. The second-order valence-electron chi connectivity index (χ2n) is 2.96. The van der Waals surface area contributed by atoms with Crippen LogP contribution in [0.15, 0.2) is 0 Å². The maximum Gasteiger partial charge on any atom is 0.220 e. The third-order valence-corrected chi connectivity index (χ3v) is 1.59. The molecule has 4 heteroatoms. The summed E-state index contributed by atoms with van der Waals surface area (Å²) in [6.45, 7) is 4.58. The van der Waals surface area contributed by atoms with Crippen LogP contribution in [0, 0.1) is 0 Å². The highest BCUT2D eigenvalue weighted by Crippen LogP contribution is 1.91. The molecule has 0 fully saturated rings. The second kappa shape index (κ2) is 5.45. The van der Waals surface area contributed by atoms with Gasteiger partial charge in [-0.1, -0.05) is 6.92 Å². The van der Waals surface area contributed by atoms with Crippen molar-refractivity contribution < 1.29 is 14.4 Å². The molecule has 1 unspecified atom stereocenters. The topological polar surface area (TPSA) is 63.2 Å². The van der Waals surface area contributed by atoms with E-state index in [1.54, 1.807) is 0 Å². The van der Waals surface area contributed by atoms with Gasteiger partial charge in [-0.15, -0.1) is 0 Å². The van der Waals surface area contributed by atoms with Crippen LogP contribution >= 0.6 is 0 Å². The standard InChI is InChI=1S/C9H15NO3/c1-4-5-8(12)10-6(2)9(13)7(3)11/h6H,4-5H2,1-3H3,(H,10,12). The highest BCUT2D eigenvalue weighted by molar-refractivity contribution is 6.38. The molecule has 0 aliphatic carbocycles. The van der Waals surface area contributed by atoms with Gasteiger partial charge in [0.25, 0.3) is 0 Å². The average molecular weight is 185 g/mol. The van der Waals surface area contributed by atoms with Gasteiger partial charge in [0, 0.05) is 13.3 Å². The van der Waals surface area contributed by atoms with E-state index < -0.39 is 17.6 Å². The Bertz CT molecular complexity index is 223. The van der Waals surface area contributed by atoms with Crippen molar-refractivity contribution in [2.45, 2.75) is 39.7 Å². The van der Waals surface area contributed by atoms with Crippen LogP contribution in [0.4, 0.5) is 0 Å². The molecule has 0 aliphatic rings. The predicted molar refractivity (Wildman–Crippen MR) is 48.2 cm³/mol. The van der Waals surface area contributed by atoms with Crippen LogP contribution in [0.2, 0.25) is 0 Å². The number of amides is 1. The van der Waals surface area contributed by atoms with E-state index in [9.17, 15) is 14.4 Å². The molecule has 0 aliphatic heterocycles. The van der Waals surface area contributed by atoms with Crippen LogP contribution < -0.4 is 5.32 Å². The minimum Gasteiger partial charge on any atom is -0.346 e. The van der Waals surface area contributed by atoms with Crippen LogP contribution in [0.3, 0.4) is 0 Å². The zero-order valence-electron chi connectivity index (χ0n) is 8.22. The fourth-order valence-corrected chi connectivity index (χ4v) is 0.911. The number of carbonyl (C=O) groups excluding carboxylic acids is 3. The molecule has 0 aromatic heterocycles. The van der Waals surface area contributed by atoms with Crippen molar-refractivity contribution in [3.05, 3.63) is 0 Å². The maximum absolute atomic E-state index is 11.0. The SMILES string of the molecule is CCCC(=O)NC(C)C(=O)C(C)=O. The van der Waals surface area contributed by atoms with Crippen LogP contribution in [-0.2, 0) is 14.4 Å². The molecular weight excluding hydrogens is 170 g/mol. The lowest BCUT2D eigenvalue weighted by molar-refractivity contribution is -0.137. The third kappa shape index (κ3) is 4.40. The molecular formula is C9H15NO3. The largest absolute Gasteiger partial charge is 0.346 e. The number of Topliss-reactive ketones (excluding diaryl/α,β-unsaturated/α-hetero) is 2. The molecule has 1 N–H and O–H groups in total. The lowest BCUT2D eigenvalue weighted by atomic mass is 10.1. The van der Waals surface area contributed by atoms with Crippen LogP contribution in [0.25, 0.3) is 0 Å². The summed E-state index contributed by atoms with van der Waals surface area (Å²) in [5.41, 5.74) is 0. The monoisotopic (exact) mass is 185 g/mol. The molecule has 0 bridgehead atoms. The molecule has 0 aromatic carbocycles. The summed E-state index contributed by atoms with van der Waals surface area (Å²) in [4.78, 5) is 32.6. The number of hydrogen-bond acceptors (Lipinski definition) is 3. The molecule has 74 valence electrons. The fraction of sp³-hybridized carbons (Fsp3) is 0.667. The Morgan fingerprint density at radius 3 is 2.23 bits per heavy atom. The van der Waals surface area contributed by atoms with Crippen LogP contribution in [0.1, 0.15) is 33.6 Å². The van der Waals surface area contributed by atoms with Crippen LogP contribution in [0.5, 0.6) is 0 Å². The van der Waals surface area contributed by atoms with E-state index in [4.69, 9.17) is 0 Å². The van der Waals surface area contributed by atoms with Crippen molar-refractivity contribution >= 4 is 17.5 Å². The van der Waals surface area contributed by atoms with Gasteiger partial charge in [-0.3, -0.25) is 14.4 Å². The van der Waals surface area contributed by atoms with Gasteiger partial charge >= 0.3 is 0 Å².